The minimum atomic E-state index is 0.130. The highest BCUT2D eigenvalue weighted by Crippen LogP contribution is 2.24. The minimum Gasteiger partial charge on any atom is -0.492 e. The van der Waals surface area contributed by atoms with Crippen LogP contribution in [0.25, 0.3) is 0 Å². The maximum atomic E-state index is 13.1. The quantitative estimate of drug-likeness (QED) is 0.730. The van der Waals surface area contributed by atoms with Crippen LogP contribution < -0.4 is 4.74 Å². The second-order valence-corrected chi connectivity index (χ2v) is 8.49. The fourth-order valence-corrected chi connectivity index (χ4v) is 4.79. The number of amides is 1. The predicted octanol–water partition coefficient (Wildman–Crippen LogP) is 2.21. The first-order valence-electron chi connectivity index (χ1n) is 11.1. The summed E-state index contributed by atoms with van der Waals surface area (Å²) in [5, 5.41) is 0. The first-order valence-corrected chi connectivity index (χ1v) is 11.1. The molecule has 0 radical (unpaired) electrons. The minimum absolute atomic E-state index is 0.130. The van der Waals surface area contributed by atoms with Crippen molar-refractivity contribution in [1.82, 2.24) is 9.80 Å². The van der Waals surface area contributed by atoms with Crippen LogP contribution in [0.2, 0.25) is 0 Å². The zero-order valence-electron chi connectivity index (χ0n) is 17.6. The molecule has 2 atom stereocenters. The van der Waals surface area contributed by atoms with Gasteiger partial charge in [0, 0.05) is 51.2 Å². The van der Waals surface area contributed by atoms with Crippen LogP contribution in [-0.4, -0.2) is 81.0 Å². The van der Waals surface area contributed by atoms with Gasteiger partial charge in [-0.2, -0.15) is 0 Å². The van der Waals surface area contributed by atoms with Gasteiger partial charge in [-0.05, 0) is 30.9 Å². The highest BCUT2D eigenvalue weighted by atomic mass is 16.5. The third-order valence-electron chi connectivity index (χ3n) is 6.45. The second kappa shape index (κ2) is 9.92. The van der Waals surface area contributed by atoms with E-state index < -0.39 is 0 Å². The van der Waals surface area contributed by atoms with E-state index in [0.29, 0.717) is 38.3 Å². The Bertz CT molecular complexity index is 677. The maximum Gasteiger partial charge on any atom is 0.225 e. The van der Waals surface area contributed by atoms with E-state index in [4.69, 9.17) is 14.2 Å². The van der Waals surface area contributed by atoms with Crippen LogP contribution in [0.15, 0.2) is 24.3 Å². The predicted molar refractivity (Wildman–Crippen MR) is 111 cm³/mol. The van der Waals surface area contributed by atoms with Gasteiger partial charge in [0.2, 0.25) is 5.91 Å². The summed E-state index contributed by atoms with van der Waals surface area (Å²) in [4.78, 5) is 17.7. The number of benzene rings is 1. The summed E-state index contributed by atoms with van der Waals surface area (Å²) >= 11 is 0. The Morgan fingerprint density at radius 3 is 2.76 bits per heavy atom. The molecule has 0 N–H and O–H groups in total. The summed E-state index contributed by atoms with van der Waals surface area (Å²) in [5.41, 5.74) is 1.25. The molecule has 1 aromatic carbocycles. The first kappa shape index (κ1) is 20.6. The van der Waals surface area contributed by atoms with Gasteiger partial charge >= 0.3 is 0 Å². The van der Waals surface area contributed by atoms with Gasteiger partial charge in [-0.15, -0.1) is 0 Å². The molecule has 0 spiro atoms. The van der Waals surface area contributed by atoms with Crippen molar-refractivity contribution in [2.45, 2.75) is 32.2 Å². The molecular weight excluding hydrogens is 368 g/mol. The summed E-state index contributed by atoms with van der Waals surface area (Å²) < 4.78 is 17.5. The summed E-state index contributed by atoms with van der Waals surface area (Å²) in [5.74, 6) is 1.81. The van der Waals surface area contributed by atoms with Gasteiger partial charge in [0.1, 0.15) is 12.4 Å². The second-order valence-electron chi connectivity index (χ2n) is 8.49. The molecule has 0 aliphatic carbocycles. The highest BCUT2D eigenvalue weighted by Gasteiger charge is 2.37. The molecule has 3 aliphatic rings. The molecule has 1 aromatic rings. The molecule has 6 nitrogen and oxygen atoms in total. The largest absolute Gasteiger partial charge is 0.492 e. The topological polar surface area (TPSA) is 51.2 Å². The van der Waals surface area contributed by atoms with Crippen LogP contribution in [0.3, 0.4) is 0 Å². The van der Waals surface area contributed by atoms with E-state index in [9.17, 15) is 4.79 Å². The van der Waals surface area contributed by atoms with E-state index in [1.807, 2.05) is 6.07 Å². The van der Waals surface area contributed by atoms with Gasteiger partial charge in [0.15, 0.2) is 0 Å². The van der Waals surface area contributed by atoms with Crippen LogP contribution in [-0.2, 0) is 20.7 Å². The third kappa shape index (κ3) is 5.11. The van der Waals surface area contributed by atoms with E-state index in [0.717, 1.165) is 57.8 Å². The fourth-order valence-electron chi connectivity index (χ4n) is 4.79. The van der Waals surface area contributed by atoms with E-state index in [-0.39, 0.29) is 12.0 Å². The van der Waals surface area contributed by atoms with Crippen LogP contribution in [0.4, 0.5) is 0 Å². The fraction of sp³-hybridized carbons (Fsp3) is 0.696. The molecule has 1 amide bonds. The van der Waals surface area contributed by atoms with Crippen molar-refractivity contribution in [1.29, 1.82) is 0 Å². The van der Waals surface area contributed by atoms with Crippen LogP contribution in [0, 0.1) is 11.8 Å². The number of carbonyl (C=O) groups is 1. The van der Waals surface area contributed by atoms with Crippen LogP contribution in [0.1, 0.15) is 25.3 Å². The summed E-state index contributed by atoms with van der Waals surface area (Å²) in [6, 6.07) is 8.52. The maximum absolute atomic E-state index is 13.1. The molecule has 0 aromatic heterocycles. The van der Waals surface area contributed by atoms with Crippen LogP contribution >= 0.6 is 0 Å². The van der Waals surface area contributed by atoms with Gasteiger partial charge in [-0.1, -0.05) is 25.1 Å². The Hall–Kier alpha value is -1.63. The number of nitrogens with zero attached hydrogens (tertiary/aromatic N) is 2. The van der Waals surface area contributed by atoms with E-state index >= 15 is 0 Å². The first-order chi connectivity index (χ1) is 14.2. The van der Waals surface area contributed by atoms with Gasteiger partial charge in [-0.25, -0.2) is 0 Å². The molecule has 160 valence electrons. The number of para-hydroxylation sites is 1. The van der Waals surface area contributed by atoms with E-state index in [2.05, 4.69) is 34.9 Å². The van der Waals surface area contributed by atoms with Crippen molar-refractivity contribution < 1.29 is 19.0 Å². The van der Waals surface area contributed by atoms with Crippen molar-refractivity contribution in [3.05, 3.63) is 29.8 Å². The van der Waals surface area contributed by atoms with Gasteiger partial charge < -0.3 is 19.1 Å². The van der Waals surface area contributed by atoms with Crippen molar-refractivity contribution in [2.75, 3.05) is 59.2 Å². The lowest BCUT2D eigenvalue weighted by Gasteiger charge is -2.34. The lowest BCUT2D eigenvalue weighted by Crippen LogP contribution is -2.48. The Kier molecular flexibility index (Phi) is 7.06. The van der Waals surface area contributed by atoms with E-state index in [1.165, 1.54) is 5.56 Å². The third-order valence-corrected chi connectivity index (χ3v) is 6.45. The number of rotatable bonds is 6. The molecule has 2 bridgehead atoms. The number of hydrogen-bond donors (Lipinski definition) is 0. The Labute approximate surface area is 174 Å². The van der Waals surface area contributed by atoms with Crippen molar-refractivity contribution in [3.63, 3.8) is 0 Å². The average molecular weight is 403 g/mol. The Morgan fingerprint density at radius 2 is 1.93 bits per heavy atom. The smallest absolute Gasteiger partial charge is 0.225 e. The summed E-state index contributed by atoms with van der Waals surface area (Å²) in [6.45, 7) is 9.08. The lowest BCUT2D eigenvalue weighted by molar-refractivity contribution is -0.140. The molecule has 3 aliphatic heterocycles. The number of hydrogen-bond acceptors (Lipinski definition) is 5. The molecule has 6 heteroatoms. The molecular formula is C23H34N2O4. The van der Waals surface area contributed by atoms with Crippen molar-refractivity contribution >= 4 is 5.91 Å². The Morgan fingerprint density at radius 1 is 1.10 bits per heavy atom. The summed E-state index contributed by atoms with van der Waals surface area (Å²) in [6.07, 6.45) is 2.69. The van der Waals surface area contributed by atoms with E-state index in [1.54, 1.807) is 0 Å². The number of fused-ring (bicyclic) bond motifs is 3. The SMILES string of the molecule is CCc1ccccc1OCCN1C[C@H]2COC[C@@H]1CN(C(=O)C1CCOCC1)C2. The zero-order chi connectivity index (χ0) is 20.1. The molecule has 3 saturated heterocycles. The molecule has 29 heavy (non-hydrogen) atoms. The van der Waals surface area contributed by atoms with Gasteiger partial charge in [-0.3, -0.25) is 9.69 Å². The Balaban J connectivity index is 1.36. The number of aryl methyl sites for hydroxylation is 1. The number of carbonyl (C=O) groups excluding carboxylic acids is 1. The molecule has 3 fully saturated rings. The van der Waals surface area contributed by atoms with Crippen LogP contribution in [0.5, 0.6) is 5.75 Å². The molecule has 0 unspecified atom stereocenters. The summed E-state index contributed by atoms with van der Waals surface area (Å²) in [7, 11) is 0. The molecule has 3 heterocycles. The average Bonchev–Trinajstić information content (AvgIpc) is 3.04. The van der Waals surface area contributed by atoms with Gasteiger partial charge in [0.05, 0.1) is 19.3 Å². The van der Waals surface area contributed by atoms with Crippen molar-refractivity contribution in [3.8, 4) is 5.75 Å². The van der Waals surface area contributed by atoms with Gasteiger partial charge in [0.25, 0.3) is 0 Å². The zero-order valence-corrected chi connectivity index (χ0v) is 17.6. The molecule has 0 saturated carbocycles. The monoisotopic (exact) mass is 402 g/mol. The normalized spacial score (nSPS) is 26.2. The van der Waals surface area contributed by atoms with Crippen molar-refractivity contribution in [2.24, 2.45) is 11.8 Å². The lowest BCUT2D eigenvalue weighted by atomic mass is 9.98. The highest BCUT2D eigenvalue weighted by molar-refractivity contribution is 5.79. The standard InChI is InChI=1S/C23H34N2O4/c1-2-19-5-3-4-6-22(19)29-12-9-24-13-18-14-25(15-21(24)17-28-16-18)23(26)20-7-10-27-11-8-20/h3-6,18,20-21H,2,7-17H2,1H3/t18-,21+/m1/s1. The molecule has 4 rings (SSSR count). The number of ether oxygens (including phenoxy) is 3.